The predicted molar refractivity (Wildman–Crippen MR) is 107 cm³/mol. The fraction of sp³-hybridized carbons (Fsp3) is 0.571. The Kier molecular flexibility index (Phi) is 9.82. The summed E-state index contributed by atoms with van der Waals surface area (Å²) in [6.45, 7) is 6.70. The van der Waals surface area contributed by atoms with Crippen LogP contribution >= 0.6 is 0 Å². The first-order chi connectivity index (χ1) is 14.8. The molecular formula is C21H29F2N3O4Os-2. The van der Waals surface area contributed by atoms with Crippen LogP contribution in [0.25, 0.3) is 5.32 Å². The van der Waals surface area contributed by atoms with Gasteiger partial charge in [0.05, 0.1) is 6.23 Å². The number of rotatable bonds is 4. The van der Waals surface area contributed by atoms with Gasteiger partial charge in [0.2, 0.25) is 0 Å². The van der Waals surface area contributed by atoms with Crippen LogP contribution in [0, 0.1) is 12.3 Å². The van der Waals surface area contributed by atoms with Gasteiger partial charge >= 0.3 is 28.4 Å². The van der Waals surface area contributed by atoms with E-state index in [4.69, 9.17) is 3.54 Å². The third-order valence-corrected chi connectivity index (χ3v) is 5.40. The SMILES string of the molecule is CC1CC[N-]CC1.CC1[CH-]C=C(C(O)NCc2cccc3c2OC(F)(F)O3)N1C.[O]=[Os]. The number of aliphatic hydroxyl groups is 1. The molecule has 0 aromatic heterocycles. The van der Waals surface area contributed by atoms with Crippen LogP contribution < -0.4 is 14.8 Å². The Morgan fingerprint density at radius 1 is 1.32 bits per heavy atom. The minimum absolute atomic E-state index is 0.000821. The number of para-hydroxylation sites is 1. The van der Waals surface area contributed by atoms with E-state index in [-0.39, 0.29) is 24.1 Å². The number of hydrogen-bond acceptors (Lipinski definition) is 6. The second-order valence-electron chi connectivity index (χ2n) is 7.68. The Morgan fingerprint density at radius 2 is 2.00 bits per heavy atom. The molecule has 2 atom stereocenters. The van der Waals surface area contributed by atoms with Gasteiger partial charge in [-0.05, 0) is 25.1 Å². The van der Waals surface area contributed by atoms with Gasteiger partial charge in [-0.25, -0.2) is 12.5 Å². The standard InChI is InChI=1S/C15H17F2N2O3.C6H12N.O.Os/c1-9-6-7-11(19(9)2)14(20)18-8-10-4-3-5-12-13(10)22-15(16,17)21-12;1-6-2-4-7-5-3-6;;/h3-7,9,14,18,20H,8H2,1-2H3;6H,2-5H2,1H3;;/q2*-1;;. The second kappa shape index (κ2) is 11.9. The van der Waals surface area contributed by atoms with E-state index in [2.05, 4.69) is 27.0 Å². The first-order valence-corrected chi connectivity index (χ1v) is 11.2. The van der Waals surface area contributed by atoms with E-state index < -0.39 is 12.5 Å². The van der Waals surface area contributed by atoms with Crippen molar-refractivity contribution in [2.24, 2.45) is 5.92 Å². The van der Waals surface area contributed by atoms with Crippen molar-refractivity contribution in [3.05, 3.63) is 47.3 Å². The number of ether oxygens (including phenoxy) is 2. The molecule has 31 heavy (non-hydrogen) atoms. The van der Waals surface area contributed by atoms with Crippen molar-refractivity contribution in [3.63, 3.8) is 0 Å². The Bertz CT molecular complexity index is 747. The number of aliphatic hydroxyl groups excluding tert-OH is 1. The number of nitrogens with one attached hydrogen (secondary N) is 1. The minimum atomic E-state index is -3.64. The Morgan fingerprint density at radius 3 is 2.55 bits per heavy atom. The van der Waals surface area contributed by atoms with Gasteiger partial charge in [0.1, 0.15) is 0 Å². The summed E-state index contributed by atoms with van der Waals surface area (Å²) in [5.74, 6) is 0.941. The van der Waals surface area contributed by atoms with Crippen molar-refractivity contribution in [1.29, 1.82) is 0 Å². The number of fused-ring (bicyclic) bond motifs is 1. The van der Waals surface area contributed by atoms with Crippen LogP contribution in [0.4, 0.5) is 8.78 Å². The monoisotopic (exact) mass is 617 g/mol. The molecule has 4 rings (SSSR count). The molecule has 1 aromatic carbocycles. The van der Waals surface area contributed by atoms with Gasteiger partial charge in [0, 0.05) is 12.1 Å². The molecule has 3 heterocycles. The quantitative estimate of drug-likeness (QED) is 0.399. The van der Waals surface area contributed by atoms with Gasteiger partial charge in [-0.2, -0.15) is 0 Å². The summed E-state index contributed by atoms with van der Waals surface area (Å²) in [4.78, 5) is 1.93. The molecule has 2 unspecified atom stereocenters. The molecule has 176 valence electrons. The van der Waals surface area contributed by atoms with Crippen molar-refractivity contribution < 1.29 is 45.5 Å². The first-order valence-electron chi connectivity index (χ1n) is 10.1. The van der Waals surface area contributed by atoms with Crippen LogP contribution in [0.3, 0.4) is 0 Å². The van der Waals surface area contributed by atoms with Crippen LogP contribution in [0.2, 0.25) is 0 Å². The Labute approximate surface area is 192 Å². The molecule has 3 aliphatic heterocycles. The van der Waals surface area contributed by atoms with E-state index in [1.165, 1.54) is 18.9 Å². The van der Waals surface area contributed by atoms with Gasteiger partial charge in [0.25, 0.3) is 0 Å². The van der Waals surface area contributed by atoms with Crippen LogP contribution in [0.1, 0.15) is 32.3 Å². The average molecular weight is 616 g/mol. The molecule has 0 radical (unpaired) electrons. The number of alkyl halides is 2. The van der Waals surface area contributed by atoms with Gasteiger partial charge in [-0.3, -0.25) is 5.32 Å². The van der Waals surface area contributed by atoms with Crippen molar-refractivity contribution in [1.82, 2.24) is 10.2 Å². The van der Waals surface area contributed by atoms with E-state index in [1.54, 1.807) is 12.1 Å². The summed E-state index contributed by atoms with van der Waals surface area (Å²) in [6.07, 6.45) is 1.91. The molecule has 1 saturated heterocycles. The number of halogens is 2. The van der Waals surface area contributed by atoms with Crippen molar-refractivity contribution >= 4 is 0 Å². The molecule has 0 aliphatic carbocycles. The van der Waals surface area contributed by atoms with E-state index in [0.29, 0.717) is 24.1 Å². The Balaban J connectivity index is 0.000000319. The van der Waals surface area contributed by atoms with E-state index in [1.807, 2.05) is 31.4 Å². The van der Waals surface area contributed by atoms with E-state index in [9.17, 15) is 13.9 Å². The molecule has 0 saturated carbocycles. The summed E-state index contributed by atoms with van der Waals surface area (Å²) in [6, 6.07) is 4.87. The van der Waals surface area contributed by atoms with Crippen molar-refractivity contribution in [2.75, 3.05) is 20.1 Å². The maximum absolute atomic E-state index is 13.1. The fourth-order valence-electron chi connectivity index (χ4n) is 3.36. The molecule has 2 N–H and O–H groups in total. The van der Waals surface area contributed by atoms with E-state index in [0.717, 1.165) is 24.7 Å². The van der Waals surface area contributed by atoms with Crippen molar-refractivity contribution in [3.8, 4) is 11.5 Å². The molecule has 7 nitrogen and oxygen atoms in total. The second-order valence-corrected chi connectivity index (χ2v) is 7.68. The zero-order valence-corrected chi connectivity index (χ0v) is 20.4. The summed E-state index contributed by atoms with van der Waals surface area (Å²) in [7, 11) is 1.88. The summed E-state index contributed by atoms with van der Waals surface area (Å²) in [5.41, 5.74) is 1.22. The zero-order valence-electron chi connectivity index (χ0n) is 17.8. The van der Waals surface area contributed by atoms with Gasteiger partial charge in [0.15, 0.2) is 11.5 Å². The number of benzene rings is 1. The van der Waals surface area contributed by atoms with Crippen LogP contribution in [-0.4, -0.2) is 48.7 Å². The first kappa shape index (κ1) is 25.7. The van der Waals surface area contributed by atoms with Gasteiger partial charge in [-0.1, -0.05) is 44.5 Å². The molecule has 1 aromatic rings. The number of piperidine rings is 1. The number of likely N-dealkylation sites (N-methyl/N-ethyl adjacent to an activating group) is 1. The van der Waals surface area contributed by atoms with E-state index >= 15 is 0 Å². The molecule has 0 amide bonds. The Hall–Kier alpha value is -1.59. The molecule has 0 spiro atoms. The summed E-state index contributed by atoms with van der Waals surface area (Å²) < 4.78 is 43.4. The fourth-order valence-corrected chi connectivity index (χ4v) is 3.36. The van der Waals surface area contributed by atoms with Crippen LogP contribution in [-0.2, 0) is 28.6 Å². The summed E-state index contributed by atoms with van der Waals surface area (Å²) >= 11 is 0.611. The van der Waals surface area contributed by atoms with Crippen molar-refractivity contribution in [2.45, 2.75) is 51.8 Å². The summed E-state index contributed by atoms with van der Waals surface area (Å²) in [5, 5.41) is 17.3. The average Bonchev–Trinajstić information content (AvgIpc) is 3.26. The maximum atomic E-state index is 13.1. The third-order valence-electron chi connectivity index (χ3n) is 5.40. The van der Waals surface area contributed by atoms with Gasteiger partial charge < -0.3 is 24.8 Å². The molecule has 0 bridgehead atoms. The number of nitrogens with zero attached hydrogens (tertiary/aromatic N) is 2. The molecular weight excluding hydrogens is 586 g/mol. The molecule has 10 heteroatoms. The van der Waals surface area contributed by atoms with Crippen LogP contribution in [0.5, 0.6) is 11.5 Å². The molecule has 3 aliphatic rings. The van der Waals surface area contributed by atoms with Gasteiger partial charge in [-0.15, -0.1) is 21.9 Å². The zero-order chi connectivity index (χ0) is 23.0. The predicted octanol–water partition coefficient (Wildman–Crippen LogP) is 3.51. The molecule has 1 fully saturated rings. The normalized spacial score (nSPS) is 22.4. The third kappa shape index (κ3) is 7.21. The number of hydrogen-bond donors (Lipinski definition) is 2. The topological polar surface area (TPSA) is 85.1 Å². The van der Waals surface area contributed by atoms with Crippen LogP contribution in [0.15, 0.2) is 30.0 Å².